The molecule has 3 aliphatic rings. The van der Waals surface area contributed by atoms with Crippen molar-refractivity contribution in [2.24, 2.45) is 4.99 Å². The van der Waals surface area contributed by atoms with Gasteiger partial charge < -0.3 is 14.6 Å². The molecule has 3 heterocycles. The second-order valence-electron chi connectivity index (χ2n) is 8.47. The van der Waals surface area contributed by atoms with Crippen molar-refractivity contribution in [3.63, 3.8) is 0 Å². The zero-order chi connectivity index (χ0) is 22.7. The molecule has 0 spiro atoms. The van der Waals surface area contributed by atoms with Crippen molar-refractivity contribution in [1.82, 2.24) is 14.5 Å². The van der Waals surface area contributed by atoms with E-state index in [-0.39, 0.29) is 6.04 Å². The lowest BCUT2D eigenvalue weighted by Gasteiger charge is -2.21. The normalized spacial score (nSPS) is 15.1. The molecule has 3 aromatic rings. The summed E-state index contributed by atoms with van der Waals surface area (Å²) in [6, 6.07) is 27.1. The predicted octanol–water partition coefficient (Wildman–Crippen LogP) is 5.35. The van der Waals surface area contributed by atoms with E-state index in [0.29, 0.717) is 0 Å². The number of anilines is 2. The van der Waals surface area contributed by atoms with E-state index >= 15 is 0 Å². The van der Waals surface area contributed by atoms with E-state index in [0.717, 1.165) is 70.9 Å². The van der Waals surface area contributed by atoms with Gasteiger partial charge in [0.05, 0.1) is 51.4 Å². The molecule has 1 saturated heterocycles. The van der Waals surface area contributed by atoms with Crippen molar-refractivity contribution in [3.8, 4) is 17.1 Å². The molecule has 6 rings (SSSR count). The third-order valence-electron chi connectivity index (χ3n) is 6.16. The average Bonchev–Trinajstić information content (AvgIpc) is 2.89. The van der Waals surface area contributed by atoms with Crippen molar-refractivity contribution < 1.29 is 4.74 Å². The van der Waals surface area contributed by atoms with Crippen LogP contribution < -0.4 is 10.7 Å². The van der Waals surface area contributed by atoms with Crippen LogP contribution in [0.25, 0.3) is 28.1 Å². The molecular weight excluding hydrogens is 422 g/mol. The maximum Gasteiger partial charge on any atom is 0.0900 e. The number of ether oxygens (including phenoxy) is 1. The topological polar surface area (TPSA) is 64.3 Å². The standard InChI is InChI=1S/C28H25N5O/c1-2-8-22(9-3-1)33-27-11-5-4-10-23(27)32-26-17-24(31-21-7-6-14-29-19-21)25(18-28(26)33)30-20-12-15-34-16-13-20/h1-11,14,17-20,31H,12-13,15-16H2/b30-25+. The van der Waals surface area contributed by atoms with Gasteiger partial charge in [0, 0.05) is 25.1 Å². The van der Waals surface area contributed by atoms with Gasteiger partial charge >= 0.3 is 0 Å². The van der Waals surface area contributed by atoms with E-state index < -0.39 is 0 Å². The maximum absolute atomic E-state index is 5.56. The molecule has 34 heavy (non-hydrogen) atoms. The quantitative estimate of drug-likeness (QED) is 0.377. The first kappa shape index (κ1) is 20.6. The highest BCUT2D eigenvalue weighted by Crippen LogP contribution is 2.30. The molecule has 2 aromatic carbocycles. The number of pyridine rings is 1. The number of rotatable bonds is 4. The number of aromatic nitrogens is 3. The third-order valence-corrected chi connectivity index (χ3v) is 6.16. The molecule has 0 radical (unpaired) electrons. The van der Waals surface area contributed by atoms with Crippen molar-refractivity contribution in [2.75, 3.05) is 18.5 Å². The molecule has 1 aromatic heterocycles. The summed E-state index contributed by atoms with van der Waals surface area (Å²) in [5.41, 5.74) is 6.87. The van der Waals surface area contributed by atoms with Crippen molar-refractivity contribution in [2.45, 2.75) is 18.9 Å². The molecule has 0 atom stereocenters. The Morgan fingerprint density at radius 2 is 1.74 bits per heavy atom. The summed E-state index contributed by atoms with van der Waals surface area (Å²) in [7, 11) is 0. The van der Waals surface area contributed by atoms with Gasteiger partial charge in [-0.15, -0.1) is 0 Å². The molecule has 0 bridgehead atoms. The van der Waals surface area contributed by atoms with E-state index in [1.165, 1.54) is 0 Å². The van der Waals surface area contributed by atoms with Crippen molar-refractivity contribution in [1.29, 1.82) is 0 Å². The fraction of sp³-hybridized carbons (Fsp3) is 0.179. The Kier molecular flexibility index (Phi) is 5.49. The Labute approximate surface area is 198 Å². The Morgan fingerprint density at radius 1 is 0.912 bits per heavy atom. The van der Waals surface area contributed by atoms with Gasteiger partial charge in [0.1, 0.15) is 0 Å². The number of benzene rings is 3. The van der Waals surface area contributed by atoms with Crippen LogP contribution in [0.1, 0.15) is 12.8 Å². The lowest BCUT2D eigenvalue weighted by Crippen LogP contribution is -2.23. The average molecular weight is 448 g/mol. The second-order valence-corrected chi connectivity index (χ2v) is 8.47. The van der Waals surface area contributed by atoms with E-state index in [4.69, 9.17) is 14.7 Å². The molecular formula is C28H25N5O. The van der Waals surface area contributed by atoms with Crippen LogP contribution in [0.4, 0.5) is 11.4 Å². The molecule has 1 aliphatic carbocycles. The number of hydrogen-bond acceptors (Lipinski definition) is 5. The molecule has 6 heteroatoms. The molecule has 0 unspecified atom stereocenters. The second kappa shape index (κ2) is 9.08. The van der Waals surface area contributed by atoms with Gasteiger partial charge in [-0.1, -0.05) is 30.3 Å². The predicted molar refractivity (Wildman–Crippen MR) is 135 cm³/mol. The molecule has 1 N–H and O–H groups in total. The van der Waals surface area contributed by atoms with Gasteiger partial charge in [-0.25, -0.2) is 4.98 Å². The fourth-order valence-electron chi connectivity index (χ4n) is 4.51. The first-order valence-corrected chi connectivity index (χ1v) is 11.6. The monoisotopic (exact) mass is 447 g/mol. The van der Waals surface area contributed by atoms with Crippen LogP contribution in [-0.4, -0.2) is 33.8 Å². The molecule has 0 amide bonds. The number of fused-ring (bicyclic) bond motifs is 2. The summed E-state index contributed by atoms with van der Waals surface area (Å²) < 4.78 is 7.83. The van der Waals surface area contributed by atoms with Crippen LogP contribution >= 0.6 is 0 Å². The zero-order valence-electron chi connectivity index (χ0n) is 18.8. The smallest absolute Gasteiger partial charge is 0.0900 e. The number of hydrogen-bond donors (Lipinski definition) is 1. The van der Waals surface area contributed by atoms with Crippen molar-refractivity contribution in [3.05, 3.63) is 96.6 Å². The lowest BCUT2D eigenvalue weighted by atomic mass is 10.1. The third kappa shape index (κ3) is 4.04. The number of nitrogens with zero attached hydrogens (tertiary/aromatic N) is 4. The minimum absolute atomic E-state index is 0.235. The van der Waals surface area contributed by atoms with Gasteiger partial charge in [-0.3, -0.25) is 9.98 Å². The minimum Gasteiger partial charge on any atom is -0.381 e. The summed E-state index contributed by atoms with van der Waals surface area (Å²) >= 11 is 0. The molecule has 1 fully saturated rings. The Hall–Kier alpha value is -4.03. The fourth-order valence-corrected chi connectivity index (χ4v) is 4.51. The van der Waals surface area contributed by atoms with E-state index in [9.17, 15) is 0 Å². The van der Waals surface area contributed by atoms with Crippen LogP contribution in [-0.2, 0) is 4.74 Å². The van der Waals surface area contributed by atoms with Crippen LogP contribution in [0.3, 0.4) is 0 Å². The summed E-state index contributed by atoms with van der Waals surface area (Å²) in [5.74, 6) is 0. The van der Waals surface area contributed by atoms with Gasteiger partial charge in [0.2, 0.25) is 0 Å². The van der Waals surface area contributed by atoms with E-state index in [1.54, 1.807) is 6.20 Å². The summed E-state index contributed by atoms with van der Waals surface area (Å²) in [6.07, 6.45) is 5.45. The largest absolute Gasteiger partial charge is 0.381 e. The van der Waals surface area contributed by atoms with Crippen LogP contribution in [0.2, 0.25) is 0 Å². The van der Waals surface area contributed by atoms with Crippen LogP contribution in [0.15, 0.2) is 96.2 Å². The summed E-state index contributed by atoms with van der Waals surface area (Å²) in [6.45, 7) is 1.51. The van der Waals surface area contributed by atoms with Crippen LogP contribution in [0, 0.1) is 0 Å². The maximum atomic E-state index is 5.56. The van der Waals surface area contributed by atoms with Gasteiger partial charge in [0.15, 0.2) is 0 Å². The van der Waals surface area contributed by atoms with Gasteiger partial charge in [-0.2, -0.15) is 0 Å². The number of nitrogens with one attached hydrogen (secondary N) is 1. The Bertz CT molecular complexity index is 1460. The highest BCUT2D eigenvalue weighted by molar-refractivity contribution is 5.84. The highest BCUT2D eigenvalue weighted by Gasteiger charge is 2.18. The Morgan fingerprint density at radius 3 is 2.56 bits per heavy atom. The van der Waals surface area contributed by atoms with E-state index in [2.05, 4.69) is 69.5 Å². The lowest BCUT2D eigenvalue weighted by molar-refractivity contribution is 0.0864. The Balaban J connectivity index is 1.63. The first-order chi connectivity index (χ1) is 16.8. The first-order valence-electron chi connectivity index (χ1n) is 11.6. The van der Waals surface area contributed by atoms with Gasteiger partial charge in [0.25, 0.3) is 0 Å². The molecule has 0 saturated carbocycles. The molecule has 6 nitrogen and oxygen atoms in total. The zero-order valence-corrected chi connectivity index (χ0v) is 18.8. The SMILES string of the molecule is c1ccc(-n2c3c/c(=N\C4CCOCC4)c(Nc4cccnc4)cc-3nc3ccccc32)cc1. The summed E-state index contributed by atoms with van der Waals surface area (Å²) in [4.78, 5) is 14.4. The minimum atomic E-state index is 0.235. The number of para-hydroxylation sites is 3. The van der Waals surface area contributed by atoms with E-state index in [1.807, 2.05) is 30.5 Å². The van der Waals surface area contributed by atoms with Crippen molar-refractivity contribution >= 4 is 22.4 Å². The van der Waals surface area contributed by atoms with Crippen LogP contribution in [0.5, 0.6) is 0 Å². The summed E-state index contributed by atoms with van der Waals surface area (Å²) in [5, 5.41) is 4.45. The molecule has 168 valence electrons. The van der Waals surface area contributed by atoms with Gasteiger partial charge in [-0.05, 0) is 61.4 Å². The molecule has 2 aliphatic heterocycles. The highest BCUT2D eigenvalue weighted by atomic mass is 16.5.